The maximum Gasteiger partial charge on any atom is 0.119 e. The van der Waals surface area contributed by atoms with Crippen LogP contribution in [0.5, 0.6) is 5.75 Å². The van der Waals surface area contributed by atoms with Gasteiger partial charge in [-0.3, -0.25) is 4.90 Å². The highest BCUT2D eigenvalue weighted by Gasteiger charge is 2.36. The van der Waals surface area contributed by atoms with E-state index in [4.69, 9.17) is 9.47 Å². The van der Waals surface area contributed by atoms with Gasteiger partial charge in [0.25, 0.3) is 0 Å². The van der Waals surface area contributed by atoms with Crippen molar-refractivity contribution in [1.82, 2.24) is 4.90 Å². The van der Waals surface area contributed by atoms with Gasteiger partial charge in [-0.1, -0.05) is 64.1 Å². The molecule has 1 heterocycles. The molecule has 0 bridgehead atoms. The molecule has 1 aliphatic heterocycles. The molecular weight excluding hydrogens is 394 g/mol. The molecule has 3 nitrogen and oxygen atoms in total. The minimum atomic E-state index is 0.237. The van der Waals surface area contributed by atoms with Crippen LogP contribution in [0.25, 0.3) is 11.6 Å². The molecule has 3 heteroatoms. The van der Waals surface area contributed by atoms with Crippen molar-refractivity contribution < 1.29 is 9.47 Å². The fourth-order valence-electron chi connectivity index (χ4n) is 4.94. The van der Waals surface area contributed by atoms with Gasteiger partial charge in [0.2, 0.25) is 0 Å². The van der Waals surface area contributed by atoms with Crippen molar-refractivity contribution >= 4 is 11.6 Å². The van der Waals surface area contributed by atoms with Gasteiger partial charge in [0.15, 0.2) is 0 Å². The Bertz CT molecular complexity index is 950. The molecule has 2 aromatic carbocycles. The Kier molecular flexibility index (Phi) is 6.78. The molecule has 32 heavy (non-hydrogen) atoms. The monoisotopic (exact) mass is 433 g/mol. The number of rotatable bonds is 6. The van der Waals surface area contributed by atoms with Crippen molar-refractivity contribution in [2.24, 2.45) is 0 Å². The van der Waals surface area contributed by atoms with Crippen LogP contribution in [0.3, 0.4) is 0 Å². The van der Waals surface area contributed by atoms with Crippen molar-refractivity contribution in [2.75, 3.05) is 39.5 Å². The van der Waals surface area contributed by atoms with E-state index in [1.54, 1.807) is 0 Å². The first-order valence-electron chi connectivity index (χ1n) is 12.1. The van der Waals surface area contributed by atoms with Crippen molar-refractivity contribution in [2.45, 2.75) is 58.3 Å². The van der Waals surface area contributed by atoms with E-state index >= 15 is 0 Å². The quantitative estimate of drug-likeness (QED) is 0.499. The number of ether oxygens (including phenoxy) is 2. The Balaban J connectivity index is 1.42. The van der Waals surface area contributed by atoms with Crippen LogP contribution in [0.15, 0.2) is 42.5 Å². The summed E-state index contributed by atoms with van der Waals surface area (Å²) in [4.78, 5) is 2.39. The molecular formula is C29H39NO2. The molecule has 0 unspecified atom stereocenters. The van der Waals surface area contributed by atoms with Gasteiger partial charge in [0.05, 0.1) is 13.2 Å². The summed E-state index contributed by atoms with van der Waals surface area (Å²) in [6, 6.07) is 15.6. The molecule has 2 aromatic rings. The zero-order valence-electron chi connectivity index (χ0n) is 20.5. The number of benzene rings is 2. The lowest BCUT2D eigenvalue weighted by Gasteiger charge is -2.42. The normalized spacial score (nSPS) is 20.6. The standard InChI is InChI=1S/C29H39NO2/c1-22(24-8-11-26-27(21-24)29(4,5)13-12-28(26,2)3)20-23-6-9-25(10-7-23)32-19-16-30-14-17-31-18-15-30/h6-11,20-21H,12-19H2,1-5H3/b22-20+. The summed E-state index contributed by atoms with van der Waals surface area (Å²) in [6.07, 6.45) is 4.77. The zero-order valence-corrected chi connectivity index (χ0v) is 20.5. The number of fused-ring (bicyclic) bond motifs is 1. The minimum Gasteiger partial charge on any atom is -0.492 e. The zero-order chi connectivity index (χ0) is 22.8. The fourth-order valence-corrected chi connectivity index (χ4v) is 4.94. The number of allylic oxidation sites excluding steroid dienone is 1. The highest BCUT2D eigenvalue weighted by atomic mass is 16.5. The van der Waals surface area contributed by atoms with E-state index in [0.717, 1.165) is 45.2 Å². The average molecular weight is 434 g/mol. The van der Waals surface area contributed by atoms with E-state index in [9.17, 15) is 0 Å². The fraction of sp³-hybridized carbons (Fsp3) is 0.517. The van der Waals surface area contributed by atoms with Gasteiger partial charge in [-0.25, -0.2) is 0 Å². The molecule has 0 saturated carbocycles. The molecule has 1 saturated heterocycles. The smallest absolute Gasteiger partial charge is 0.119 e. The van der Waals surface area contributed by atoms with Gasteiger partial charge < -0.3 is 9.47 Å². The molecule has 0 aromatic heterocycles. The molecule has 1 fully saturated rings. The van der Waals surface area contributed by atoms with Gasteiger partial charge in [0.1, 0.15) is 12.4 Å². The van der Waals surface area contributed by atoms with Crippen molar-refractivity contribution in [3.05, 3.63) is 64.7 Å². The third-order valence-electron chi connectivity index (χ3n) is 7.35. The Morgan fingerprint density at radius 2 is 1.59 bits per heavy atom. The number of morpholine rings is 1. The SMILES string of the molecule is C/C(=C\c1ccc(OCCN2CCOCC2)cc1)c1ccc2c(c1)C(C)(C)CCC2(C)C. The lowest BCUT2D eigenvalue weighted by molar-refractivity contribution is 0.0322. The molecule has 172 valence electrons. The second kappa shape index (κ2) is 9.41. The predicted octanol–water partition coefficient (Wildman–Crippen LogP) is 6.31. The molecule has 1 aliphatic carbocycles. The molecule has 0 radical (unpaired) electrons. The van der Waals surface area contributed by atoms with E-state index in [-0.39, 0.29) is 10.8 Å². The number of nitrogens with zero attached hydrogens (tertiary/aromatic N) is 1. The average Bonchev–Trinajstić information content (AvgIpc) is 2.79. The highest BCUT2D eigenvalue weighted by molar-refractivity contribution is 5.80. The van der Waals surface area contributed by atoms with Crippen molar-refractivity contribution in [3.8, 4) is 5.75 Å². The van der Waals surface area contributed by atoms with Crippen LogP contribution in [0, 0.1) is 0 Å². The lowest BCUT2D eigenvalue weighted by atomic mass is 9.63. The molecule has 0 atom stereocenters. The second-order valence-electron chi connectivity index (χ2n) is 10.7. The van der Waals surface area contributed by atoms with Crippen LogP contribution in [0.2, 0.25) is 0 Å². The van der Waals surface area contributed by atoms with E-state index in [1.165, 1.54) is 40.7 Å². The van der Waals surface area contributed by atoms with Crippen LogP contribution < -0.4 is 4.74 Å². The van der Waals surface area contributed by atoms with E-state index < -0.39 is 0 Å². The Morgan fingerprint density at radius 3 is 2.28 bits per heavy atom. The number of hydrogen-bond acceptors (Lipinski definition) is 3. The Hall–Kier alpha value is -2.10. The summed E-state index contributed by atoms with van der Waals surface area (Å²) in [6.45, 7) is 17.1. The molecule has 0 amide bonds. The van der Waals surface area contributed by atoms with Crippen LogP contribution in [0.1, 0.15) is 69.7 Å². The first kappa shape index (κ1) is 23.1. The lowest BCUT2D eigenvalue weighted by Crippen LogP contribution is -2.38. The van der Waals surface area contributed by atoms with Crippen molar-refractivity contribution in [1.29, 1.82) is 0 Å². The molecule has 0 spiro atoms. The van der Waals surface area contributed by atoms with Gasteiger partial charge >= 0.3 is 0 Å². The maximum absolute atomic E-state index is 5.95. The van der Waals surface area contributed by atoms with Crippen LogP contribution in [-0.2, 0) is 15.6 Å². The largest absolute Gasteiger partial charge is 0.492 e. The summed E-state index contributed by atoms with van der Waals surface area (Å²) in [7, 11) is 0. The summed E-state index contributed by atoms with van der Waals surface area (Å²) in [5, 5.41) is 0. The summed E-state index contributed by atoms with van der Waals surface area (Å²) >= 11 is 0. The third-order valence-corrected chi connectivity index (χ3v) is 7.35. The Labute approximate surface area is 194 Å². The van der Waals surface area contributed by atoms with Crippen LogP contribution >= 0.6 is 0 Å². The van der Waals surface area contributed by atoms with Crippen LogP contribution in [0.4, 0.5) is 0 Å². The molecule has 0 N–H and O–H groups in total. The maximum atomic E-state index is 5.95. The van der Waals surface area contributed by atoms with Gasteiger partial charge in [-0.2, -0.15) is 0 Å². The number of hydrogen-bond donors (Lipinski definition) is 0. The van der Waals surface area contributed by atoms with E-state index in [0.29, 0.717) is 0 Å². The first-order valence-corrected chi connectivity index (χ1v) is 12.1. The minimum absolute atomic E-state index is 0.237. The Morgan fingerprint density at radius 1 is 0.938 bits per heavy atom. The van der Waals surface area contributed by atoms with Gasteiger partial charge in [-0.05, 0) is 70.6 Å². The topological polar surface area (TPSA) is 21.7 Å². The summed E-state index contributed by atoms with van der Waals surface area (Å²) in [5.74, 6) is 0.936. The van der Waals surface area contributed by atoms with Crippen LogP contribution in [-0.4, -0.2) is 44.4 Å². The predicted molar refractivity (Wildman–Crippen MR) is 134 cm³/mol. The van der Waals surface area contributed by atoms with Gasteiger partial charge in [-0.15, -0.1) is 0 Å². The van der Waals surface area contributed by atoms with E-state index in [1.807, 2.05) is 0 Å². The molecule has 4 rings (SSSR count). The van der Waals surface area contributed by atoms with E-state index in [2.05, 4.69) is 88.1 Å². The van der Waals surface area contributed by atoms with Gasteiger partial charge in [0, 0.05) is 19.6 Å². The summed E-state index contributed by atoms with van der Waals surface area (Å²) in [5.41, 5.74) is 7.36. The van der Waals surface area contributed by atoms with Crippen molar-refractivity contribution in [3.63, 3.8) is 0 Å². The summed E-state index contributed by atoms with van der Waals surface area (Å²) < 4.78 is 11.4. The highest BCUT2D eigenvalue weighted by Crippen LogP contribution is 2.46. The second-order valence-corrected chi connectivity index (χ2v) is 10.7. The first-order chi connectivity index (χ1) is 15.2. The third kappa shape index (κ3) is 5.27. The molecule has 2 aliphatic rings.